The van der Waals surface area contributed by atoms with Gasteiger partial charge in [-0.05, 0) is 47.4 Å². The zero-order valence-corrected chi connectivity index (χ0v) is 17.2. The molecule has 0 saturated carbocycles. The molecule has 2 aromatic rings. The summed E-state index contributed by atoms with van der Waals surface area (Å²) in [6, 6.07) is 19.0. The molecule has 1 atom stereocenters. The first-order valence-corrected chi connectivity index (χ1v) is 10.3. The van der Waals surface area contributed by atoms with Crippen molar-refractivity contribution < 1.29 is 9.53 Å². The Labute approximate surface area is 171 Å². The number of carbonyl (C=O) groups excluding carboxylic acids is 1. The quantitative estimate of drug-likeness (QED) is 0.611. The van der Waals surface area contributed by atoms with Crippen molar-refractivity contribution in [1.29, 1.82) is 0 Å². The van der Waals surface area contributed by atoms with Crippen LogP contribution >= 0.6 is 0 Å². The van der Waals surface area contributed by atoms with E-state index in [9.17, 15) is 4.79 Å². The van der Waals surface area contributed by atoms with Gasteiger partial charge in [-0.3, -0.25) is 4.99 Å². The van der Waals surface area contributed by atoms with E-state index in [2.05, 4.69) is 69.3 Å². The molecule has 2 aromatic carbocycles. The van der Waals surface area contributed by atoms with Crippen LogP contribution in [0.1, 0.15) is 45.1 Å². The Morgan fingerprint density at radius 2 is 1.62 bits per heavy atom. The zero-order chi connectivity index (χ0) is 20.2. The van der Waals surface area contributed by atoms with Crippen LogP contribution in [-0.2, 0) is 9.53 Å². The molecule has 0 fully saturated rings. The third-order valence-electron chi connectivity index (χ3n) is 6.23. The van der Waals surface area contributed by atoms with E-state index >= 15 is 0 Å². The van der Waals surface area contributed by atoms with Crippen molar-refractivity contribution in [2.45, 2.75) is 39.5 Å². The van der Waals surface area contributed by atoms with Crippen molar-refractivity contribution in [3.8, 4) is 11.1 Å². The van der Waals surface area contributed by atoms with E-state index in [1.165, 1.54) is 22.3 Å². The smallest absolute Gasteiger partial charge is 0.337 e. The summed E-state index contributed by atoms with van der Waals surface area (Å²) in [6.07, 6.45) is 1.96. The minimum Gasteiger partial charge on any atom is -0.456 e. The highest BCUT2D eigenvalue weighted by Crippen LogP contribution is 2.49. The van der Waals surface area contributed by atoms with Gasteiger partial charge in [-0.15, -0.1) is 0 Å². The molecule has 0 N–H and O–H groups in total. The lowest BCUT2D eigenvalue weighted by atomic mass is 9.67. The van der Waals surface area contributed by atoms with E-state index in [0.29, 0.717) is 6.61 Å². The monoisotopic (exact) mass is 383 g/mol. The van der Waals surface area contributed by atoms with Crippen molar-refractivity contribution in [3.05, 3.63) is 82.6 Å². The van der Waals surface area contributed by atoms with Gasteiger partial charge in [-0.1, -0.05) is 74.0 Å². The van der Waals surface area contributed by atoms with Crippen LogP contribution in [0.15, 0.2) is 82.0 Å². The van der Waals surface area contributed by atoms with E-state index < -0.39 is 0 Å². The molecule has 1 unspecified atom stereocenters. The number of aliphatic imine (C=N–C) groups is 1. The molecule has 0 spiro atoms. The number of hydrogen-bond donors (Lipinski definition) is 0. The SMILES string of the molecule is CC1=C2C(=NC3=C(C(=O)OC3)C2c2ccc(-c3ccccc3)cc2)CC(C)(C)C1. The van der Waals surface area contributed by atoms with Gasteiger partial charge >= 0.3 is 5.97 Å². The predicted molar refractivity (Wildman–Crippen MR) is 116 cm³/mol. The summed E-state index contributed by atoms with van der Waals surface area (Å²) in [5.41, 5.74) is 8.95. The van der Waals surface area contributed by atoms with Crippen LogP contribution in [-0.4, -0.2) is 18.3 Å². The number of esters is 1. The number of rotatable bonds is 2. The normalized spacial score (nSPS) is 22.8. The summed E-state index contributed by atoms with van der Waals surface area (Å²) in [7, 11) is 0. The van der Waals surface area contributed by atoms with Crippen molar-refractivity contribution in [3.63, 3.8) is 0 Å². The first kappa shape index (κ1) is 18.1. The molecular weight excluding hydrogens is 358 g/mol. The van der Waals surface area contributed by atoms with Crippen LogP contribution in [0.5, 0.6) is 0 Å². The molecule has 29 heavy (non-hydrogen) atoms. The standard InChI is InChI=1S/C26H25NO2/c1-16-13-26(2,3)14-20-22(16)23(24-21(27-20)15-29-25(24)28)19-11-9-18(10-12-19)17-7-5-4-6-8-17/h4-12,23H,13-15H2,1-3H3. The van der Waals surface area contributed by atoms with E-state index in [0.717, 1.165) is 35.4 Å². The molecule has 0 aromatic heterocycles. The highest BCUT2D eigenvalue weighted by Gasteiger charge is 2.43. The first-order valence-electron chi connectivity index (χ1n) is 10.3. The summed E-state index contributed by atoms with van der Waals surface area (Å²) < 4.78 is 5.40. The molecule has 3 heteroatoms. The Balaban J connectivity index is 1.62. The fourth-order valence-electron chi connectivity index (χ4n) is 5.11. The summed E-state index contributed by atoms with van der Waals surface area (Å²) in [5.74, 6) is -0.293. The molecule has 0 radical (unpaired) electrons. The molecule has 0 amide bonds. The largest absolute Gasteiger partial charge is 0.456 e. The fraction of sp³-hybridized carbons (Fsp3) is 0.308. The van der Waals surface area contributed by atoms with Gasteiger partial charge in [0, 0.05) is 11.6 Å². The van der Waals surface area contributed by atoms with E-state index in [4.69, 9.17) is 9.73 Å². The zero-order valence-electron chi connectivity index (χ0n) is 17.2. The number of ether oxygens (including phenoxy) is 1. The molecule has 146 valence electrons. The number of fused-ring (bicyclic) bond motifs is 1. The summed E-state index contributed by atoms with van der Waals surface area (Å²) in [5, 5.41) is 0. The molecule has 2 aliphatic heterocycles. The summed E-state index contributed by atoms with van der Waals surface area (Å²) >= 11 is 0. The van der Waals surface area contributed by atoms with Crippen molar-refractivity contribution in [1.82, 2.24) is 0 Å². The third-order valence-corrected chi connectivity index (χ3v) is 6.23. The number of allylic oxidation sites excluding steroid dienone is 2. The molecule has 2 heterocycles. The van der Waals surface area contributed by atoms with E-state index in [1.54, 1.807) is 0 Å². The van der Waals surface area contributed by atoms with E-state index in [-0.39, 0.29) is 17.3 Å². The highest BCUT2D eigenvalue weighted by molar-refractivity contribution is 6.10. The molecule has 3 nitrogen and oxygen atoms in total. The Morgan fingerprint density at radius 3 is 2.34 bits per heavy atom. The molecule has 0 saturated heterocycles. The van der Waals surface area contributed by atoms with Crippen molar-refractivity contribution in [2.24, 2.45) is 10.4 Å². The minimum atomic E-state index is -0.218. The fourth-order valence-corrected chi connectivity index (χ4v) is 5.11. The van der Waals surface area contributed by atoms with Crippen molar-refractivity contribution >= 4 is 11.7 Å². The van der Waals surface area contributed by atoms with Crippen LogP contribution in [0, 0.1) is 5.41 Å². The highest BCUT2D eigenvalue weighted by atomic mass is 16.5. The number of nitrogens with zero attached hydrogens (tertiary/aromatic N) is 1. The maximum atomic E-state index is 12.6. The van der Waals surface area contributed by atoms with Crippen LogP contribution in [0.25, 0.3) is 11.1 Å². The maximum absolute atomic E-state index is 12.6. The van der Waals surface area contributed by atoms with Crippen LogP contribution in [0.3, 0.4) is 0 Å². The predicted octanol–water partition coefficient (Wildman–Crippen LogP) is 5.84. The van der Waals surface area contributed by atoms with Gasteiger partial charge in [0.1, 0.15) is 6.61 Å². The van der Waals surface area contributed by atoms with Gasteiger partial charge in [0.15, 0.2) is 0 Å². The first-order chi connectivity index (χ1) is 13.9. The maximum Gasteiger partial charge on any atom is 0.337 e. The van der Waals surface area contributed by atoms with Gasteiger partial charge < -0.3 is 4.74 Å². The minimum absolute atomic E-state index is 0.0755. The third kappa shape index (κ3) is 3.05. The number of benzene rings is 2. The van der Waals surface area contributed by atoms with Gasteiger partial charge in [-0.2, -0.15) is 0 Å². The lowest BCUT2D eigenvalue weighted by Crippen LogP contribution is -2.31. The molecule has 3 aliphatic rings. The number of cyclic esters (lactones) is 1. The van der Waals surface area contributed by atoms with E-state index in [1.807, 2.05) is 6.07 Å². The Morgan fingerprint density at radius 1 is 0.931 bits per heavy atom. The summed E-state index contributed by atoms with van der Waals surface area (Å²) in [4.78, 5) is 17.5. The van der Waals surface area contributed by atoms with Gasteiger partial charge in [-0.25, -0.2) is 4.79 Å². The Hall–Kier alpha value is -2.94. The summed E-state index contributed by atoms with van der Waals surface area (Å²) in [6.45, 7) is 7.07. The van der Waals surface area contributed by atoms with Crippen molar-refractivity contribution in [2.75, 3.05) is 6.61 Å². The number of carbonyl (C=O) groups is 1. The van der Waals surface area contributed by atoms with Gasteiger partial charge in [0.25, 0.3) is 0 Å². The van der Waals surface area contributed by atoms with Gasteiger partial charge in [0.2, 0.25) is 0 Å². The topological polar surface area (TPSA) is 38.7 Å². The molecule has 5 rings (SSSR count). The second kappa shape index (κ2) is 6.55. The lowest BCUT2D eigenvalue weighted by Gasteiger charge is -2.38. The molecule has 0 bridgehead atoms. The van der Waals surface area contributed by atoms with Crippen LogP contribution in [0.2, 0.25) is 0 Å². The average Bonchev–Trinajstić information content (AvgIpc) is 3.07. The Bertz CT molecular complexity index is 1090. The van der Waals surface area contributed by atoms with Crippen LogP contribution in [0.4, 0.5) is 0 Å². The second-order valence-corrected chi connectivity index (χ2v) is 9.13. The second-order valence-electron chi connectivity index (χ2n) is 9.13. The lowest BCUT2D eigenvalue weighted by molar-refractivity contribution is -0.136. The Kier molecular flexibility index (Phi) is 4.09. The van der Waals surface area contributed by atoms with Crippen LogP contribution < -0.4 is 0 Å². The van der Waals surface area contributed by atoms with Gasteiger partial charge in [0.05, 0.1) is 11.3 Å². The number of hydrogen-bond acceptors (Lipinski definition) is 3. The molecular formula is C26H25NO2. The average molecular weight is 383 g/mol. The molecule has 1 aliphatic carbocycles.